The standard InChI is InChI=1S/C27H37N7O2/c1-26(2)16-34(18-9-7-8-10-18)23-20(33(5)24(26)35)14-28-25(31-23)30-19-12-11-17(13-21(19)36-6)22-29-15-27(3,4)32-22/h11-14,18H,7-10,15-16H2,1-6H3,(H,29,32)(H,28,30,31). The van der Waals surface area contributed by atoms with Gasteiger partial charge in [-0.1, -0.05) is 12.8 Å². The van der Waals surface area contributed by atoms with Crippen LogP contribution in [0.15, 0.2) is 29.4 Å². The molecule has 3 heterocycles. The summed E-state index contributed by atoms with van der Waals surface area (Å²) in [6.07, 6.45) is 6.40. The van der Waals surface area contributed by atoms with E-state index in [1.807, 2.05) is 39.1 Å². The summed E-state index contributed by atoms with van der Waals surface area (Å²) >= 11 is 0. The van der Waals surface area contributed by atoms with Crippen LogP contribution in [0.3, 0.4) is 0 Å². The van der Waals surface area contributed by atoms with Gasteiger partial charge < -0.3 is 25.2 Å². The zero-order valence-electron chi connectivity index (χ0n) is 22.2. The number of hydrogen-bond donors (Lipinski definition) is 2. The number of nitrogens with zero attached hydrogens (tertiary/aromatic N) is 5. The van der Waals surface area contributed by atoms with Crippen molar-refractivity contribution in [1.29, 1.82) is 0 Å². The topological polar surface area (TPSA) is 95.0 Å². The molecule has 2 aromatic rings. The molecule has 1 fully saturated rings. The highest BCUT2D eigenvalue weighted by molar-refractivity contribution is 6.02. The first kappa shape index (κ1) is 24.3. The molecule has 1 aliphatic carbocycles. The second kappa shape index (κ2) is 8.94. The zero-order chi connectivity index (χ0) is 25.7. The third kappa shape index (κ3) is 4.47. The van der Waals surface area contributed by atoms with E-state index in [9.17, 15) is 4.79 Å². The first-order valence-electron chi connectivity index (χ1n) is 12.8. The van der Waals surface area contributed by atoms with Gasteiger partial charge in [0.05, 0.1) is 36.5 Å². The summed E-state index contributed by atoms with van der Waals surface area (Å²) in [5.74, 6) is 2.91. The predicted octanol–water partition coefficient (Wildman–Crippen LogP) is 4.11. The number of aliphatic imine (C=N–C) groups is 1. The lowest BCUT2D eigenvalue weighted by Crippen LogP contribution is -2.45. The number of carbonyl (C=O) groups is 1. The van der Waals surface area contributed by atoms with Gasteiger partial charge in [-0.3, -0.25) is 9.79 Å². The van der Waals surface area contributed by atoms with Gasteiger partial charge in [0.15, 0.2) is 5.82 Å². The molecule has 2 N–H and O–H groups in total. The molecule has 192 valence electrons. The van der Waals surface area contributed by atoms with E-state index in [0.717, 1.165) is 48.0 Å². The average Bonchev–Trinajstić information content (AvgIpc) is 3.50. The van der Waals surface area contributed by atoms with Crippen LogP contribution >= 0.6 is 0 Å². The summed E-state index contributed by atoms with van der Waals surface area (Å²) in [6.45, 7) is 9.67. The predicted molar refractivity (Wildman–Crippen MR) is 144 cm³/mol. The molecule has 0 unspecified atom stereocenters. The Bertz CT molecular complexity index is 1200. The number of fused-ring (bicyclic) bond motifs is 1. The number of amides is 1. The molecule has 3 aliphatic rings. The van der Waals surface area contributed by atoms with Crippen molar-refractivity contribution in [2.45, 2.75) is 65.0 Å². The minimum Gasteiger partial charge on any atom is -0.495 e. The molecule has 0 saturated heterocycles. The fourth-order valence-corrected chi connectivity index (χ4v) is 5.43. The number of ether oxygens (including phenoxy) is 1. The molecule has 2 aliphatic heterocycles. The van der Waals surface area contributed by atoms with Crippen LogP contribution in [0, 0.1) is 5.41 Å². The van der Waals surface area contributed by atoms with Gasteiger partial charge in [0.2, 0.25) is 11.9 Å². The molecule has 5 rings (SSSR count). The van der Waals surface area contributed by atoms with Gasteiger partial charge in [0.25, 0.3) is 0 Å². The van der Waals surface area contributed by atoms with Crippen molar-refractivity contribution in [3.63, 3.8) is 0 Å². The molecule has 1 amide bonds. The van der Waals surface area contributed by atoms with Gasteiger partial charge in [-0.15, -0.1) is 0 Å². The number of methoxy groups -OCH3 is 1. The maximum atomic E-state index is 13.2. The third-order valence-corrected chi connectivity index (χ3v) is 7.41. The lowest BCUT2D eigenvalue weighted by molar-refractivity contribution is -0.125. The third-order valence-electron chi connectivity index (χ3n) is 7.41. The first-order chi connectivity index (χ1) is 17.1. The minimum atomic E-state index is -0.518. The molecule has 1 saturated carbocycles. The van der Waals surface area contributed by atoms with Gasteiger partial charge in [-0.25, -0.2) is 4.98 Å². The van der Waals surface area contributed by atoms with E-state index in [1.54, 1.807) is 18.2 Å². The number of benzene rings is 1. The molecule has 0 atom stereocenters. The quantitative estimate of drug-likeness (QED) is 0.650. The fourth-order valence-electron chi connectivity index (χ4n) is 5.43. The Labute approximate surface area is 213 Å². The van der Waals surface area contributed by atoms with Crippen LogP contribution in [-0.2, 0) is 4.79 Å². The fraction of sp³-hybridized carbons (Fsp3) is 0.556. The maximum Gasteiger partial charge on any atom is 0.234 e. The van der Waals surface area contributed by atoms with Crippen molar-refractivity contribution in [2.75, 3.05) is 42.4 Å². The highest BCUT2D eigenvalue weighted by Gasteiger charge is 2.41. The molecule has 0 spiro atoms. The number of rotatable bonds is 5. The van der Waals surface area contributed by atoms with Crippen molar-refractivity contribution in [3.8, 4) is 5.75 Å². The smallest absolute Gasteiger partial charge is 0.234 e. The van der Waals surface area contributed by atoms with Crippen molar-refractivity contribution in [1.82, 2.24) is 15.3 Å². The van der Waals surface area contributed by atoms with Crippen LogP contribution < -0.4 is 25.2 Å². The monoisotopic (exact) mass is 491 g/mol. The normalized spacial score (nSPS) is 21.1. The maximum absolute atomic E-state index is 13.2. The van der Waals surface area contributed by atoms with E-state index >= 15 is 0 Å². The Morgan fingerprint density at radius 2 is 1.92 bits per heavy atom. The number of amidine groups is 1. The molecule has 36 heavy (non-hydrogen) atoms. The average molecular weight is 492 g/mol. The van der Waals surface area contributed by atoms with Crippen molar-refractivity contribution < 1.29 is 9.53 Å². The minimum absolute atomic E-state index is 0.0521. The van der Waals surface area contributed by atoms with Crippen molar-refractivity contribution in [2.24, 2.45) is 10.4 Å². The summed E-state index contributed by atoms with van der Waals surface area (Å²) in [6, 6.07) is 6.33. The SMILES string of the molecule is COc1cc(C2=NCC(C)(C)N2)ccc1Nc1ncc2c(n1)N(C1CCCC1)CC(C)(C)C(=O)N2C. The Kier molecular flexibility index (Phi) is 6.04. The van der Waals surface area contributed by atoms with Crippen LogP contribution in [0.5, 0.6) is 5.75 Å². The van der Waals surface area contributed by atoms with Crippen LogP contribution in [0.2, 0.25) is 0 Å². The van der Waals surface area contributed by atoms with Crippen LogP contribution in [-0.4, -0.2) is 60.5 Å². The molecule has 1 aromatic carbocycles. The summed E-state index contributed by atoms with van der Waals surface area (Å²) < 4.78 is 5.70. The van der Waals surface area contributed by atoms with Crippen molar-refractivity contribution in [3.05, 3.63) is 30.0 Å². The van der Waals surface area contributed by atoms with Crippen molar-refractivity contribution >= 4 is 34.9 Å². The molecular formula is C27H37N7O2. The van der Waals surface area contributed by atoms with Crippen LogP contribution in [0.4, 0.5) is 23.1 Å². The Hall–Kier alpha value is -3.36. The largest absolute Gasteiger partial charge is 0.495 e. The molecule has 9 nitrogen and oxygen atoms in total. The molecule has 1 aromatic heterocycles. The molecule has 0 radical (unpaired) electrons. The summed E-state index contributed by atoms with van der Waals surface area (Å²) in [7, 11) is 3.47. The van der Waals surface area contributed by atoms with Crippen LogP contribution in [0.25, 0.3) is 0 Å². The van der Waals surface area contributed by atoms with E-state index in [1.165, 1.54) is 12.8 Å². The zero-order valence-corrected chi connectivity index (χ0v) is 22.2. The lowest BCUT2D eigenvalue weighted by Gasteiger charge is -2.34. The number of anilines is 4. The number of carbonyl (C=O) groups excluding carboxylic acids is 1. The van der Waals surface area contributed by atoms with E-state index in [2.05, 4.69) is 39.4 Å². The summed E-state index contributed by atoms with van der Waals surface area (Å²) in [4.78, 5) is 31.5. The molecular weight excluding hydrogens is 454 g/mol. The number of hydrogen-bond acceptors (Lipinski definition) is 8. The molecule has 9 heteroatoms. The van der Waals surface area contributed by atoms with Gasteiger partial charge in [-0.05, 0) is 58.7 Å². The highest BCUT2D eigenvalue weighted by atomic mass is 16.5. The molecule has 0 bridgehead atoms. The number of aromatic nitrogens is 2. The van der Waals surface area contributed by atoms with Gasteiger partial charge >= 0.3 is 0 Å². The highest BCUT2D eigenvalue weighted by Crippen LogP contribution is 2.40. The van der Waals surface area contributed by atoms with Gasteiger partial charge in [0.1, 0.15) is 17.3 Å². The summed E-state index contributed by atoms with van der Waals surface area (Å²) in [5.41, 5.74) is 1.92. The van der Waals surface area contributed by atoms with E-state index < -0.39 is 5.41 Å². The number of nitrogens with one attached hydrogen (secondary N) is 2. The Morgan fingerprint density at radius 1 is 1.17 bits per heavy atom. The first-order valence-corrected chi connectivity index (χ1v) is 12.8. The Balaban J connectivity index is 1.47. The summed E-state index contributed by atoms with van der Waals surface area (Å²) in [5, 5.41) is 6.81. The second-order valence-corrected chi connectivity index (χ2v) is 11.4. The van der Waals surface area contributed by atoms with E-state index in [-0.39, 0.29) is 11.4 Å². The van der Waals surface area contributed by atoms with Gasteiger partial charge in [0, 0.05) is 25.2 Å². The van der Waals surface area contributed by atoms with Crippen LogP contribution in [0.1, 0.15) is 58.9 Å². The van der Waals surface area contributed by atoms with E-state index in [0.29, 0.717) is 24.3 Å². The van der Waals surface area contributed by atoms with E-state index in [4.69, 9.17) is 9.72 Å². The lowest BCUT2D eigenvalue weighted by atomic mass is 9.91. The van der Waals surface area contributed by atoms with Gasteiger partial charge in [-0.2, -0.15) is 4.98 Å². The second-order valence-electron chi connectivity index (χ2n) is 11.4. The Morgan fingerprint density at radius 3 is 2.58 bits per heavy atom.